The van der Waals surface area contributed by atoms with E-state index in [4.69, 9.17) is 9.73 Å². The van der Waals surface area contributed by atoms with E-state index in [1.807, 2.05) is 48.8 Å². The standard InChI is InChI=1S/C62H43N5O/c1-2-15-44(16-3-1)59-65-60(47-38-45(40-27-31-42(32-28-40)54-23-10-12-35-63-54)37-46(39-47)41-29-33-43(34-30-41)55-24-11-13-36-64-55)67-61(66-59)49-18-14-22-53-58(49)48-17-4-5-19-50(48)62(53)51-20-6-8-25-56(51)68-57-26-9-7-21-52(57)62/h1-39,60-61,67H,(H,65,66). The summed E-state index contributed by atoms with van der Waals surface area (Å²) in [6, 6.07) is 79.6. The van der Waals surface area contributed by atoms with E-state index in [9.17, 15) is 0 Å². The van der Waals surface area contributed by atoms with Crippen molar-refractivity contribution in [3.05, 3.63) is 276 Å². The van der Waals surface area contributed by atoms with Gasteiger partial charge in [-0.05, 0) is 110 Å². The molecule has 0 saturated heterocycles. The number of pyridine rings is 2. The number of hydrogen-bond acceptors (Lipinski definition) is 6. The zero-order valence-corrected chi connectivity index (χ0v) is 36.9. The molecule has 0 saturated carbocycles. The molecule has 2 N–H and O–H groups in total. The number of nitrogens with one attached hydrogen (secondary N) is 2. The van der Waals surface area contributed by atoms with Crippen molar-refractivity contribution in [1.82, 2.24) is 20.6 Å². The summed E-state index contributed by atoms with van der Waals surface area (Å²) in [5.74, 6) is 2.58. The van der Waals surface area contributed by atoms with Gasteiger partial charge in [-0.15, -0.1) is 0 Å². The Morgan fingerprint density at radius 3 is 1.54 bits per heavy atom. The van der Waals surface area contributed by atoms with Gasteiger partial charge in [-0.1, -0.05) is 170 Å². The first kappa shape index (κ1) is 39.6. The fourth-order valence-corrected chi connectivity index (χ4v) is 10.7. The first-order valence-corrected chi connectivity index (χ1v) is 23.1. The molecule has 2 atom stereocenters. The Balaban J connectivity index is 0.970. The van der Waals surface area contributed by atoms with Crippen LogP contribution in [0.5, 0.6) is 11.5 Å². The van der Waals surface area contributed by atoms with Gasteiger partial charge in [-0.2, -0.15) is 0 Å². The molecule has 8 aromatic carbocycles. The lowest BCUT2D eigenvalue weighted by atomic mass is 9.66. The Morgan fingerprint density at radius 1 is 0.412 bits per heavy atom. The molecule has 0 bridgehead atoms. The van der Waals surface area contributed by atoms with Gasteiger partial charge in [0.15, 0.2) is 0 Å². The highest BCUT2D eigenvalue weighted by Gasteiger charge is 2.52. The van der Waals surface area contributed by atoms with E-state index in [-0.39, 0.29) is 6.17 Å². The number of nitrogens with zero attached hydrogens (tertiary/aromatic N) is 3. The van der Waals surface area contributed by atoms with Gasteiger partial charge in [0.25, 0.3) is 0 Å². The van der Waals surface area contributed by atoms with Crippen LogP contribution in [-0.2, 0) is 5.41 Å². The summed E-state index contributed by atoms with van der Waals surface area (Å²) in [5, 5.41) is 7.97. The molecule has 6 nitrogen and oxygen atoms in total. The molecule has 2 aromatic heterocycles. The highest BCUT2D eigenvalue weighted by atomic mass is 16.5. The molecule has 1 aliphatic carbocycles. The van der Waals surface area contributed by atoms with Gasteiger partial charge in [0.2, 0.25) is 0 Å². The molecule has 0 amide bonds. The van der Waals surface area contributed by atoms with Crippen molar-refractivity contribution in [2.24, 2.45) is 4.99 Å². The van der Waals surface area contributed by atoms with Gasteiger partial charge in [-0.25, -0.2) is 4.99 Å². The van der Waals surface area contributed by atoms with Crippen molar-refractivity contribution >= 4 is 5.84 Å². The van der Waals surface area contributed by atoms with Crippen LogP contribution in [0.1, 0.15) is 51.3 Å². The Bertz CT molecular complexity index is 3390. The maximum atomic E-state index is 6.66. The molecule has 1 spiro atoms. The van der Waals surface area contributed by atoms with E-state index in [2.05, 4.69) is 209 Å². The van der Waals surface area contributed by atoms with E-state index in [1.165, 1.54) is 22.3 Å². The predicted octanol–water partition coefficient (Wildman–Crippen LogP) is 14.0. The number of rotatable bonds is 7. The first-order chi connectivity index (χ1) is 33.7. The summed E-state index contributed by atoms with van der Waals surface area (Å²) < 4.78 is 6.66. The van der Waals surface area contributed by atoms with Gasteiger partial charge in [0.05, 0.1) is 16.8 Å². The average molecular weight is 874 g/mol. The Morgan fingerprint density at radius 2 is 0.941 bits per heavy atom. The fraction of sp³-hybridized carbons (Fsp3) is 0.0484. The number of fused-ring (bicyclic) bond motifs is 9. The number of hydrogen-bond donors (Lipinski definition) is 2. The lowest BCUT2D eigenvalue weighted by Crippen LogP contribution is -2.45. The van der Waals surface area contributed by atoms with Crippen molar-refractivity contribution in [3.8, 4) is 67.4 Å². The van der Waals surface area contributed by atoms with Gasteiger partial charge in [-0.3, -0.25) is 15.3 Å². The molecule has 3 aliphatic rings. The summed E-state index contributed by atoms with van der Waals surface area (Å²) in [6.45, 7) is 0. The molecule has 0 fully saturated rings. The van der Waals surface area contributed by atoms with Crippen LogP contribution in [0.2, 0.25) is 0 Å². The largest absolute Gasteiger partial charge is 0.457 e. The normalized spacial score (nSPS) is 16.0. The molecule has 10 aromatic rings. The van der Waals surface area contributed by atoms with Gasteiger partial charge >= 0.3 is 0 Å². The van der Waals surface area contributed by atoms with E-state index in [0.29, 0.717) is 0 Å². The minimum absolute atomic E-state index is 0.321. The third-order valence-corrected chi connectivity index (χ3v) is 13.8. The molecule has 68 heavy (non-hydrogen) atoms. The smallest absolute Gasteiger partial charge is 0.132 e. The Labute approximate surface area is 395 Å². The SMILES string of the molecule is c1ccc(C2=NC(c3cc(-c4ccc(-c5ccccn5)cc4)cc(-c4ccc(-c5ccccn5)cc4)c3)NC(c3cccc4c3-c3ccccc3C43c4ccccc4Oc4ccccc43)N2)cc1. The lowest BCUT2D eigenvalue weighted by Gasteiger charge is -2.39. The van der Waals surface area contributed by atoms with Crippen LogP contribution in [0.4, 0.5) is 0 Å². The minimum Gasteiger partial charge on any atom is -0.457 e. The second-order valence-corrected chi connectivity index (χ2v) is 17.6. The van der Waals surface area contributed by atoms with E-state index in [0.717, 1.165) is 89.9 Å². The van der Waals surface area contributed by atoms with E-state index >= 15 is 0 Å². The molecule has 0 radical (unpaired) electrons. The van der Waals surface area contributed by atoms with Crippen molar-refractivity contribution in [2.45, 2.75) is 17.7 Å². The molecule has 2 unspecified atom stereocenters. The second-order valence-electron chi connectivity index (χ2n) is 17.6. The topological polar surface area (TPSA) is 71.4 Å². The van der Waals surface area contributed by atoms with Crippen molar-refractivity contribution < 1.29 is 4.74 Å². The maximum Gasteiger partial charge on any atom is 0.132 e. The van der Waals surface area contributed by atoms with Crippen LogP contribution in [0.25, 0.3) is 55.9 Å². The van der Waals surface area contributed by atoms with Crippen molar-refractivity contribution in [2.75, 3.05) is 0 Å². The maximum absolute atomic E-state index is 6.66. The summed E-state index contributed by atoms with van der Waals surface area (Å²) >= 11 is 0. The number of para-hydroxylation sites is 2. The van der Waals surface area contributed by atoms with Crippen LogP contribution >= 0.6 is 0 Å². The summed E-state index contributed by atoms with van der Waals surface area (Å²) in [4.78, 5) is 14.7. The molecule has 2 aliphatic heterocycles. The number of ether oxygens (including phenoxy) is 1. The summed E-state index contributed by atoms with van der Waals surface area (Å²) in [7, 11) is 0. The molecular formula is C62H43N5O. The van der Waals surface area contributed by atoms with E-state index < -0.39 is 11.6 Å². The fourth-order valence-electron chi connectivity index (χ4n) is 10.7. The Kier molecular flexibility index (Phi) is 9.51. The molecular weight excluding hydrogens is 831 g/mol. The zero-order valence-electron chi connectivity index (χ0n) is 36.9. The van der Waals surface area contributed by atoms with Crippen LogP contribution in [0.15, 0.2) is 242 Å². The van der Waals surface area contributed by atoms with Gasteiger partial charge < -0.3 is 10.1 Å². The Hall–Kier alpha value is -8.71. The monoisotopic (exact) mass is 873 g/mol. The number of aromatic nitrogens is 2. The van der Waals surface area contributed by atoms with Crippen LogP contribution in [0, 0.1) is 0 Å². The highest BCUT2D eigenvalue weighted by molar-refractivity contribution is 6.00. The average Bonchev–Trinajstić information content (AvgIpc) is 3.72. The van der Waals surface area contributed by atoms with Crippen molar-refractivity contribution in [3.63, 3.8) is 0 Å². The summed E-state index contributed by atoms with van der Waals surface area (Å²) in [5.41, 5.74) is 18.3. The predicted molar refractivity (Wildman–Crippen MR) is 272 cm³/mol. The first-order valence-electron chi connectivity index (χ1n) is 23.1. The van der Waals surface area contributed by atoms with Crippen molar-refractivity contribution in [1.29, 1.82) is 0 Å². The lowest BCUT2D eigenvalue weighted by molar-refractivity contribution is 0.409. The molecule has 322 valence electrons. The molecule has 13 rings (SSSR count). The van der Waals surface area contributed by atoms with Gasteiger partial charge in [0, 0.05) is 40.2 Å². The highest BCUT2D eigenvalue weighted by Crippen LogP contribution is 2.63. The zero-order chi connectivity index (χ0) is 45.0. The van der Waals surface area contributed by atoms with Gasteiger partial charge in [0.1, 0.15) is 29.7 Å². The molecule has 6 heteroatoms. The third kappa shape index (κ3) is 6.56. The number of benzene rings is 8. The quantitative estimate of drug-likeness (QED) is 0.167. The number of amidine groups is 1. The van der Waals surface area contributed by atoms with E-state index in [1.54, 1.807) is 0 Å². The third-order valence-electron chi connectivity index (χ3n) is 13.8. The second kappa shape index (κ2) is 16.3. The van der Waals surface area contributed by atoms with Crippen LogP contribution < -0.4 is 15.4 Å². The molecule has 4 heterocycles. The number of aliphatic imine (C=N–C) groups is 1. The summed E-state index contributed by atoms with van der Waals surface area (Å²) in [6.07, 6.45) is 2.94. The van der Waals surface area contributed by atoms with Crippen LogP contribution in [0.3, 0.4) is 0 Å². The van der Waals surface area contributed by atoms with Crippen LogP contribution in [-0.4, -0.2) is 15.8 Å². The minimum atomic E-state index is -0.584.